The smallest absolute Gasteiger partial charge is 0.217 e. The minimum Gasteiger partial charge on any atom is -0.507 e. The molecular formula is C25H39BrN4O2. The van der Waals surface area contributed by atoms with Crippen LogP contribution in [0.15, 0.2) is 28.5 Å². The zero-order chi connectivity index (χ0) is 24.3. The van der Waals surface area contributed by atoms with Crippen LogP contribution < -0.4 is 5.62 Å². The van der Waals surface area contributed by atoms with Crippen LogP contribution in [-0.4, -0.2) is 44.6 Å². The number of Topliss-reactive ketones (excluding diaryl/α,β-unsaturated/α-hetero) is 1. The van der Waals surface area contributed by atoms with Gasteiger partial charge in [0.25, 0.3) is 0 Å². The van der Waals surface area contributed by atoms with Crippen molar-refractivity contribution in [3.8, 4) is 5.75 Å². The fourth-order valence-electron chi connectivity index (χ4n) is 3.83. The molecule has 0 saturated heterocycles. The molecule has 0 radical (unpaired) electrons. The van der Waals surface area contributed by atoms with Crippen molar-refractivity contribution < 1.29 is 9.90 Å². The molecule has 0 bridgehead atoms. The van der Waals surface area contributed by atoms with Crippen molar-refractivity contribution in [2.24, 2.45) is 4.02 Å². The van der Waals surface area contributed by atoms with Crippen molar-refractivity contribution in [2.45, 2.75) is 79.3 Å². The Morgan fingerprint density at radius 2 is 1.50 bits per heavy atom. The van der Waals surface area contributed by atoms with E-state index in [2.05, 4.69) is 85.0 Å². The van der Waals surface area contributed by atoms with Crippen molar-refractivity contribution in [2.75, 3.05) is 19.6 Å². The van der Waals surface area contributed by atoms with Crippen LogP contribution in [0.4, 0.5) is 0 Å². The average molecular weight is 508 g/mol. The van der Waals surface area contributed by atoms with Gasteiger partial charge in [0.05, 0.1) is 22.7 Å². The molecule has 0 spiro atoms. The Labute approximate surface area is 201 Å². The molecule has 0 fully saturated rings. The number of halogens is 1. The van der Waals surface area contributed by atoms with Gasteiger partial charge in [-0.25, -0.2) is 0 Å². The predicted molar refractivity (Wildman–Crippen MR) is 135 cm³/mol. The topological polar surface area (TPSA) is 62.8 Å². The Balaban J connectivity index is 2.39. The van der Waals surface area contributed by atoms with E-state index in [1.54, 1.807) is 0 Å². The van der Waals surface area contributed by atoms with E-state index in [4.69, 9.17) is 0 Å². The van der Waals surface area contributed by atoms with Crippen LogP contribution in [0.2, 0.25) is 0 Å². The minimum atomic E-state index is -0.280. The fourth-order valence-corrected chi connectivity index (χ4v) is 4.24. The summed E-state index contributed by atoms with van der Waals surface area (Å²) >= 11 is 3.24. The number of hydrogen-bond acceptors (Lipinski definition) is 4. The number of aromatic hydroxyl groups is 1. The summed E-state index contributed by atoms with van der Waals surface area (Å²) in [7, 11) is 0. The number of carbonyl (C=O) groups excluding carboxylic acids is 1. The molecule has 0 saturated carbocycles. The fraction of sp³-hybridized carbons (Fsp3) is 0.600. The molecule has 0 amide bonds. The van der Waals surface area contributed by atoms with Gasteiger partial charge >= 0.3 is 0 Å². The van der Waals surface area contributed by atoms with E-state index >= 15 is 0 Å². The van der Waals surface area contributed by atoms with Gasteiger partial charge in [0.15, 0.2) is 5.78 Å². The molecule has 7 heteroatoms. The Kier molecular flexibility index (Phi) is 8.56. The highest BCUT2D eigenvalue weighted by Gasteiger charge is 2.28. The summed E-state index contributed by atoms with van der Waals surface area (Å²) in [4.78, 5) is 15.7. The third-order valence-corrected chi connectivity index (χ3v) is 6.25. The van der Waals surface area contributed by atoms with E-state index in [-0.39, 0.29) is 28.9 Å². The van der Waals surface area contributed by atoms with Crippen molar-refractivity contribution in [1.29, 1.82) is 0 Å². The van der Waals surface area contributed by atoms with E-state index in [9.17, 15) is 9.90 Å². The second-order valence-electron chi connectivity index (χ2n) is 10.4. The Morgan fingerprint density at radius 3 is 1.94 bits per heavy atom. The molecule has 6 nitrogen and oxygen atoms in total. The van der Waals surface area contributed by atoms with E-state index in [1.165, 1.54) is 0 Å². The highest BCUT2D eigenvalue weighted by molar-refractivity contribution is 9.08. The first kappa shape index (κ1) is 26.4. The van der Waals surface area contributed by atoms with Gasteiger partial charge in [-0.2, -0.15) is 4.02 Å². The minimum absolute atomic E-state index is 0.00936. The summed E-state index contributed by atoms with van der Waals surface area (Å²) in [5.41, 5.74) is 2.34. The van der Waals surface area contributed by atoms with Gasteiger partial charge in [-0.3, -0.25) is 4.79 Å². The predicted octanol–water partition coefficient (Wildman–Crippen LogP) is 5.03. The molecule has 0 atom stereocenters. The van der Waals surface area contributed by atoms with Crippen LogP contribution >= 0.6 is 16.1 Å². The van der Waals surface area contributed by atoms with Crippen molar-refractivity contribution in [3.63, 3.8) is 0 Å². The van der Waals surface area contributed by atoms with E-state index in [0.29, 0.717) is 11.2 Å². The third-order valence-electron chi connectivity index (χ3n) is 5.93. The quantitative estimate of drug-likeness (QED) is 0.510. The van der Waals surface area contributed by atoms with Crippen LogP contribution in [-0.2, 0) is 23.9 Å². The van der Waals surface area contributed by atoms with Crippen molar-refractivity contribution in [1.82, 2.24) is 14.0 Å². The van der Waals surface area contributed by atoms with Gasteiger partial charge in [-0.1, -0.05) is 55.4 Å². The molecule has 1 heterocycles. The maximum Gasteiger partial charge on any atom is 0.217 e. The van der Waals surface area contributed by atoms with Crippen molar-refractivity contribution >= 4 is 21.9 Å². The number of ketones is 1. The Bertz CT molecular complexity index is 967. The number of hydrogen-bond donors (Lipinski definition) is 1. The number of phenolic OH excluding ortho intramolecular Hbond substituents is 1. The molecule has 2 rings (SSSR count). The molecule has 2 aromatic rings. The van der Waals surface area contributed by atoms with Gasteiger partial charge in [-0.15, -0.1) is 0 Å². The number of imidazole rings is 1. The molecule has 1 aromatic carbocycles. The first-order valence-electron chi connectivity index (χ1n) is 11.4. The lowest BCUT2D eigenvalue weighted by Crippen LogP contribution is -2.33. The van der Waals surface area contributed by atoms with Crippen LogP contribution in [0.1, 0.15) is 76.9 Å². The molecule has 0 unspecified atom stereocenters. The molecule has 1 N–H and O–H groups in total. The first-order valence-corrected chi connectivity index (χ1v) is 12.1. The number of likely N-dealkylation sites (N-methyl/N-ethyl adjacent to an activating group) is 1. The molecule has 0 aliphatic heterocycles. The molecule has 1 aromatic heterocycles. The Morgan fingerprint density at radius 1 is 1.00 bits per heavy atom. The number of aromatic nitrogens is 2. The largest absolute Gasteiger partial charge is 0.507 e. The average Bonchev–Trinajstić information content (AvgIpc) is 3.08. The molecule has 0 aliphatic carbocycles. The highest BCUT2D eigenvalue weighted by Crippen LogP contribution is 2.39. The molecule has 32 heavy (non-hydrogen) atoms. The van der Waals surface area contributed by atoms with Gasteiger partial charge in [-0.05, 0) is 36.1 Å². The second-order valence-corrected chi connectivity index (χ2v) is 10.7. The SMILES string of the molecule is CCN(CC)CCn1ccn(CC(=O)c2cc(C(C)(C)C)c(O)c(C(C)(C)C)c2)c1=NBr. The molecule has 178 valence electrons. The maximum absolute atomic E-state index is 13.3. The summed E-state index contributed by atoms with van der Waals surface area (Å²) in [6.07, 6.45) is 3.87. The summed E-state index contributed by atoms with van der Waals surface area (Å²) in [6.45, 7) is 20.5. The van der Waals surface area contributed by atoms with Gasteiger partial charge < -0.3 is 19.1 Å². The van der Waals surface area contributed by atoms with E-state index < -0.39 is 0 Å². The first-order chi connectivity index (χ1) is 14.8. The monoisotopic (exact) mass is 506 g/mol. The van der Waals surface area contributed by atoms with Crippen molar-refractivity contribution in [3.05, 3.63) is 46.8 Å². The Hall–Kier alpha value is -1.86. The standard InChI is InChI=1S/C25H39BrN4O2/c1-9-28(10-2)11-12-29-13-14-30(23(29)27-26)17-21(31)18-15-19(24(3,4)5)22(32)20(16-18)25(6,7)8/h13-16,32H,9-12,17H2,1-8H3. The number of rotatable bonds is 8. The summed E-state index contributed by atoms with van der Waals surface area (Å²) in [6, 6.07) is 3.69. The maximum atomic E-state index is 13.3. The zero-order valence-electron chi connectivity index (χ0n) is 20.9. The summed E-state index contributed by atoms with van der Waals surface area (Å²) in [5.74, 6) is 0.276. The number of carbonyl (C=O) groups is 1. The van der Waals surface area contributed by atoms with E-state index in [1.807, 2.05) is 29.1 Å². The normalized spacial score (nSPS) is 13.2. The van der Waals surface area contributed by atoms with Crippen LogP contribution in [0.5, 0.6) is 5.75 Å². The lowest BCUT2D eigenvalue weighted by molar-refractivity contribution is 0.0970. The number of nitrogens with zero attached hydrogens (tertiary/aromatic N) is 4. The van der Waals surface area contributed by atoms with Crippen LogP contribution in [0.3, 0.4) is 0 Å². The van der Waals surface area contributed by atoms with Gasteiger partial charge in [0.1, 0.15) is 5.75 Å². The van der Waals surface area contributed by atoms with E-state index in [0.717, 1.165) is 37.3 Å². The summed E-state index contributed by atoms with van der Waals surface area (Å²) < 4.78 is 8.18. The second kappa shape index (κ2) is 10.4. The lowest BCUT2D eigenvalue weighted by atomic mass is 9.78. The summed E-state index contributed by atoms with van der Waals surface area (Å²) in [5, 5.41) is 10.9. The van der Waals surface area contributed by atoms with Crippen LogP contribution in [0.25, 0.3) is 0 Å². The van der Waals surface area contributed by atoms with Crippen LogP contribution in [0, 0.1) is 0 Å². The number of phenols is 1. The lowest BCUT2D eigenvalue weighted by Gasteiger charge is -2.28. The van der Waals surface area contributed by atoms with Gasteiger partial charge in [0, 0.05) is 42.2 Å². The third kappa shape index (κ3) is 6.13. The molecule has 0 aliphatic rings. The molecular weight excluding hydrogens is 468 g/mol. The van der Waals surface area contributed by atoms with Gasteiger partial charge in [0.2, 0.25) is 5.62 Å². The zero-order valence-corrected chi connectivity index (χ0v) is 22.5. The highest BCUT2D eigenvalue weighted by atomic mass is 79.9. The number of benzene rings is 1.